The number of carbonyl (C=O) groups is 1. The van der Waals surface area contributed by atoms with E-state index in [9.17, 15) is 9.90 Å². The Labute approximate surface area is 130 Å². The molecular formula is C14H16IN3O2. The number of likely N-dealkylation sites (tertiary alicyclic amines) is 1. The van der Waals surface area contributed by atoms with Gasteiger partial charge >= 0.3 is 6.09 Å². The van der Waals surface area contributed by atoms with Crippen molar-refractivity contribution >= 4 is 34.3 Å². The van der Waals surface area contributed by atoms with E-state index >= 15 is 0 Å². The largest absolute Gasteiger partial charge is 0.465 e. The lowest BCUT2D eigenvalue weighted by Crippen LogP contribution is -2.44. The first-order valence-electron chi connectivity index (χ1n) is 6.78. The van der Waals surface area contributed by atoms with Crippen molar-refractivity contribution in [2.75, 3.05) is 6.54 Å². The maximum atomic E-state index is 11.3. The Morgan fingerprint density at radius 2 is 2.30 bits per heavy atom. The van der Waals surface area contributed by atoms with Crippen LogP contribution in [-0.4, -0.2) is 38.1 Å². The number of fused-ring (bicyclic) bond motifs is 1. The summed E-state index contributed by atoms with van der Waals surface area (Å²) in [6, 6.07) is 5.97. The second kappa shape index (κ2) is 5.59. The number of amides is 1. The van der Waals surface area contributed by atoms with Gasteiger partial charge in [0.2, 0.25) is 0 Å². The van der Waals surface area contributed by atoms with Crippen molar-refractivity contribution in [3.63, 3.8) is 0 Å². The zero-order valence-electron chi connectivity index (χ0n) is 11.0. The van der Waals surface area contributed by atoms with Crippen LogP contribution in [0.2, 0.25) is 0 Å². The predicted molar refractivity (Wildman–Crippen MR) is 84.0 cm³/mol. The Morgan fingerprint density at radius 1 is 1.45 bits per heavy atom. The molecule has 0 radical (unpaired) electrons. The minimum Gasteiger partial charge on any atom is -0.465 e. The molecule has 0 unspecified atom stereocenters. The van der Waals surface area contributed by atoms with Gasteiger partial charge in [-0.05, 0) is 54.0 Å². The van der Waals surface area contributed by atoms with Crippen molar-refractivity contribution in [1.82, 2.24) is 14.3 Å². The SMILES string of the molecule is O=C(O)N1CCCC[C@H]1Cc1nc2ccccn2c1I. The van der Waals surface area contributed by atoms with Crippen molar-refractivity contribution in [2.45, 2.75) is 31.7 Å². The molecule has 5 nitrogen and oxygen atoms in total. The van der Waals surface area contributed by atoms with Gasteiger partial charge in [0.05, 0.1) is 5.69 Å². The van der Waals surface area contributed by atoms with E-state index in [4.69, 9.17) is 0 Å². The van der Waals surface area contributed by atoms with Crippen LogP contribution in [0, 0.1) is 3.70 Å². The van der Waals surface area contributed by atoms with Crippen molar-refractivity contribution in [2.24, 2.45) is 0 Å². The molecule has 1 amide bonds. The number of pyridine rings is 1. The summed E-state index contributed by atoms with van der Waals surface area (Å²) in [5, 5.41) is 9.29. The lowest BCUT2D eigenvalue weighted by Gasteiger charge is -2.33. The van der Waals surface area contributed by atoms with Crippen molar-refractivity contribution in [3.05, 3.63) is 33.8 Å². The zero-order chi connectivity index (χ0) is 14.1. The highest BCUT2D eigenvalue weighted by molar-refractivity contribution is 14.1. The van der Waals surface area contributed by atoms with E-state index in [2.05, 4.69) is 27.6 Å². The molecule has 20 heavy (non-hydrogen) atoms. The average Bonchev–Trinajstić information content (AvgIpc) is 2.76. The number of aromatic nitrogens is 2. The van der Waals surface area contributed by atoms with Gasteiger partial charge in [0, 0.05) is 25.2 Å². The number of hydrogen-bond donors (Lipinski definition) is 1. The van der Waals surface area contributed by atoms with Crippen LogP contribution in [0.1, 0.15) is 25.0 Å². The highest BCUT2D eigenvalue weighted by Crippen LogP contribution is 2.23. The average molecular weight is 385 g/mol. The molecule has 1 fully saturated rings. The molecule has 2 aromatic rings. The van der Waals surface area contributed by atoms with Crippen molar-refractivity contribution in [3.8, 4) is 0 Å². The third-order valence-corrected chi connectivity index (χ3v) is 4.98. The monoisotopic (exact) mass is 385 g/mol. The highest BCUT2D eigenvalue weighted by atomic mass is 127. The van der Waals surface area contributed by atoms with E-state index in [0.29, 0.717) is 13.0 Å². The normalized spacial score (nSPS) is 19.4. The molecule has 1 atom stereocenters. The fourth-order valence-electron chi connectivity index (χ4n) is 2.83. The zero-order valence-corrected chi connectivity index (χ0v) is 13.2. The van der Waals surface area contributed by atoms with Gasteiger partial charge in [-0.2, -0.15) is 0 Å². The quantitative estimate of drug-likeness (QED) is 0.809. The molecule has 0 bridgehead atoms. The summed E-state index contributed by atoms with van der Waals surface area (Å²) in [5.74, 6) is 0. The highest BCUT2D eigenvalue weighted by Gasteiger charge is 2.28. The van der Waals surface area contributed by atoms with Crippen LogP contribution < -0.4 is 0 Å². The van der Waals surface area contributed by atoms with E-state index in [1.807, 2.05) is 28.8 Å². The van der Waals surface area contributed by atoms with E-state index in [0.717, 1.165) is 34.3 Å². The summed E-state index contributed by atoms with van der Waals surface area (Å²) >= 11 is 2.29. The van der Waals surface area contributed by atoms with Crippen LogP contribution in [0.15, 0.2) is 24.4 Å². The Bertz CT molecular complexity index is 640. The Balaban J connectivity index is 1.88. The van der Waals surface area contributed by atoms with E-state index in [1.54, 1.807) is 4.90 Å². The van der Waals surface area contributed by atoms with E-state index < -0.39 is 6.09 Å². The van der Waals surface area contributed by atoms with Crippen LogP contribution in [0.4, 0.5) is 4.79 Å². The van der Waals surface area contributed by atoms with Crippen LogP contribution in [0.3, 0.4) is 0 Å². The number of carboxylic acid groups (broad SMARTS) is 1. The number of halogens is 1. The van der Waals surface area contributed by atoms with Gasteiger partial charge in [0.1, 0.15) is 9.35 Å². The number of nitrogens with zero attached hydrogens (tertiary/aromatic N) is 3. The first kappa shape index (κ1) is 13.7. The van der Waals surface area contributed by atoms with Crippen LogP contribution in [0.25, 0.3) is 5.65 Å². The lowest BCUT2D eigenvalue weighted by molar-refractivity contribution is 0.106. The van der Waals surface area contributed by atoms with Gasteiger partial charge < -0.3 is 10.0 Å². The molecule has 2 aromatic heterocycles. The summed E-state index contributed by atoms with van der Waals surface area (Å²) in [5.41, 5.74) is 1.92. The van der Waals surface area contributed by atoms with Crippen molar-refractivity contribution in [1.29, 1.82) is 0 Å². The molecule has 0 aliphatic carbocycles. The fourth-order valence-corrected chi connectivity index (χ4v) is 3.58. The molecule has 1 saturated heterocycles. The van der Waals surface area contributed by atoms with E-state index in [1.165, 1.54) is 0 Å². The predicted octanol–water partition coefficient (Wildman–Crippen LogP) is 3.01. The Hall–Kier alpha value is -1.31. The fraction of sp³-hybridized carbons (Fsp3) is 0.429. The van der Waals surface area contributed by atoms with Gasteiger partial charge in [-0.15, -0.1) is 0 Å². The van der Waals surface area contributed by atoms with Gasteiger partial charge in [0.15, 0.2) is 0 Å². The van der Waals surface area contributed by atoms with Gasteiger partial charge in [-0.1, -0.05) is 6.07 Å². The number of rotatable bonds is 2. The van der Waals surface area contributed by atoms with Crippen molar-refractivity contribution < 1.29 is 9.90 Å². The molecule has 0 saturated carbocycles. The summed E-state index contributed by atoms with van der Waals surface area (Å²) in [6.45, 7) is 0.643. The second-order valence-corrected chi connectivity index (χ2v) is 6.13. The van der Waals surface area contributed by atoms with E-state index in [-0.39, 0.29) is 6.04 Å². The smallest absolute Gasteiger partial charge is 0.407 e. The molecule has 1 N–H and O–H groups in total. The molecule has 1 aliphatic rings. The van der Waals surface area contributed by atoms with Gasteiger partial charge in [-0.25, -0.2) is 9.78 Å². The summed E-state index contributed by atoms with van der Waals surface area (Å²) in [7, 11) is 0. The first-order valence-corrected chi connectivity index (χ1v) is 7.85. The Morgan fingerprint density at radius 3 is 3.05 bits per heavy atom. The molecule has 6 heteroatoms. The third-order valence-electron chi connectivity index (χ3n) is 3.84. The molecule has 106 valence electrons. The topological polar surface area (TPSA) is 57.8 Å². The number of hydrogen-bond acceptors (Lipinski definition) is 2. The molecular weight excluding hydrogens is 369 g/mol. The maximum absolute atomic E-state index is 11.3. The van der Waals surface area contributed by atoms with Crippen LogP contribution >= 0.6 is 22.6 Å². The minimum atomic E-state index is -0.812. The van der Waals surface area contributed by atoms with Crippen LogP contribution in [-0.2, 0) is 6.42 Å². The first-order chi connectivity index (χ1) is 9.66. The van der Waals surface area contributed by atoms with Crippen LogP contribution in [0.5, 0.6) is 0 Å². The lowest BCUT2D eigenvalue weighted by atomic mass is 9.99. The number of piperidine rings is 1. The summed E-state index contributed by atoms with van der Waals surface area (Å²) in [4.78, 5) is 17.5. The molecule has 3 rings (SSSR count). The summed E-state index contributed by atoms with van der Waals surface area (Å²) < 4.78 is 3.12. The van der Waals surface area contributed by atoms with Gasteiger partial charge in [-0.3, -0.25) is 4.40 Å². The number of imidazole rings is 1. The summed E-state index contributed by atoms with van der Waals surface area (Å²) in [6.07, 6.45) is 4.86. The standard InChI is InChI=1S/C14H16IN3O2/c15-13-11(16-12-6-2-4-8-18(12)13)9-10-5-1-3-7-17(10)14(19)20/h2,4,6,8,10H,1,3,5,7,9H2,(H,19,20)/t10-/m0/s1. The molecule has 3 heterocycles. The molecule has 1 aliphatic heterocycles. The van der Waals surface area contributed by atoms with Gasteiger partial charge in [0.25, 0.3) is 0 Å². The Kier molecular flexibility index (Phi) is 3.82. The molecule has 0 spiro atoms. The second-order valence-electron chi connectivity index (χ2n) is 5.11. The minimum absolute atomic E-state index is 0.0553. The third kappa shape index (κ3) is 2.48. The molecule has 0 aromatic carbocycles. The maximum Gasteiger partial charge on any atom is 0.407 e.